The summed E-state index contributed by atoms with van der Waals surface area (Å²) in [4.78, 5) is 2.19. The summed E-state index contributed by atoms with van der Waals surface area (Å²) in [6, 6.07) is 20.5. The zero-order valence-electron chi connectivity index (χ0n) is 14.9. The second kappa shape index (κ2) is 7.96. The summed E-state index contributed by atoms with van der Waals surface area (Å²) < 4.78 is 4.56. The first-order valence-electron chi connectivity index (χ1n) is 8.59. The van der Waals surface area contributed by atoms with Gasteiger partial charge in [-0.05, 0) is 31.4 Å². The molecule has 0 aliphatic heterocycles. The smallest absolute Gasteiger partial charge is 0.180 e. The second-order valence-corrected chi connectivity index (χ2v) is 7.79. The van der Waals surface area contributed by atoms with Crippen molar-refractivity contribution in [3.8, 4) is 16.9 Å². The van der Waals surface area contributed by atoms with Gasteiger partial charge in [-0.2, -0.15) is 10.2 Å². The highest BCUT2D eigenvalue weighted by molar-refractivity contribution is 7.73. The fourth-order valence-corrected chi connectivity index (χ4v) is 3.69. The van der Waals surface area contributed by atoms with Crippen LogP contribution in [0.5, 0.6) is 0 Å². The molecule has 0 unspecified atom stereocenters. The van der Waals surface area contributed by atoms with Crippen molar-refractivity contribution in [3.63, 3.8) is 0 Å². The lowest BCUT2D eigenvalue weighted by Gasteiger charge is -2.16. The van der Waals surface area contributed by atoms with Crippen molar-refractivity contribution < 1.29 is 0 Å². The SMILES string of the molecule is CN(Cc1cn(-c2ccccc2)nc1-c1ccccc1)Cn1ncsc1=S. The van der Waals surface area contributed by atoms with Crippen molar-refractivity contribution in [3.05, 3.63) is 81.9 Å². The van der Waals surface area contributed by atoms with E-state index in [9.17, 15) is 0 Å². The van der Waals surface area contributed by atoms with Gasteiger partial charge in [0.2, 0.25) is 0 Å². The van der Waals surface area contributed by atoms with Gasteiger partial charge in [-0.1, -0.05) is 59.9 Å². The number of aromatic nitrogens is 4. The Hall–Kier alpha value is -2.61. The highest BCUT2D eigenvalue weighted by atomic mass is 32.1. The minimum Gasteiger partial charge on any atom is -0.283 e. The largest absolute Gasteiger partial charge is 0.283 e. The first kappa shape index (κ1) is 17.8. The average Bonchev–Trinajstić information content (AvgIpc) is 3.30. The van der Waals surface area contributed by atoms with E-state index in [-0.39, 0.29) is 0 Å². The molecule has 0 radical (unpaired) electrons. The van der Waals surface area contributed by atoms with Crippen LogP contribution in [0.4, 0.5) is 0 Å². The van der Waals surface area contributed by atoms with Gasteiger partial charge in [0.15, 0.2) is 3.95 Å². The molecule has 2 heterocycles. The van der Waals surface area contributed by atoms with Crippen LogP contribution in [0.15, 0.2) is 72.4 Å². The molecule has 0 amide bonds. The zero-order chi connectivity index (χ0) is 18.6. The van der Waals surface area contributed by atoms with Crippen LogP contribution in [0.25, 0.3) is 16.9 Å². The fourth-order valence-electron chi connectivity index (χ4n) is 2.97. The number of nitrogens with zero attached hydrogens (tertiary/aromatic N) is 5. The molecule has 7 heteroatoms. The summed E-state index contributed by atoms with van der Waals surface area (Å²) in [5.74, 6) is 0. The van der Waals surface area contributed by atoms with E-state index in [0.29, 0.717) is 6.67 Å². The van der Waals surface area contributed by atoms with Crippen molar-refractivity contribution in [1.29, 1.82) is 0 Å². The van der Waals surface area contributed by atoms with E-state index in [0.717, 1.165) is 33.0 Å². The Kier molecular flexibility index (Phi) is 5.24. The predicted molar refractivity (Wildman–Crippen MR) is 111 cm³/mol. The van der Waals surface area contributed by atoms with Gasteiger partial charge in [-0.25, -0.2) is 9.36 Å². The zero-order valence-corrected chi connectivity index (χ0v) is 16.5. The highest BCUT2D eigenvalue weighted by Crippen LogP contribution is 2.24. The molecule has 5 nitrogen and oxygen atoms in total. The summed E-state index contributed by atoms with van der Waals surface area (Å²) in [5, 5.41) is 9.17. The Labute approximate surface area is 167 Å². The Morgan fingerprint density at radius 3 is 2.41 bits per heavy atom. The molecule has 0 fully saturated rings. The summed E-state index contributed by atoms with van der Waals surface area (Å²) in [6.07, 6.45) is 2.11. The summed E-state index contributed by atoms with van der Waals surface area (Å²) in [5.41, 5.74) is 6.09. The molecule has 27 heavy (non-hydrogen) atoms. The van der Waals surface area contributed by atoms with E-state index >= 15 is 0 Å². The lowest BCUT2D eigenvalue weighted by molar-refractivity contribution is 0.245. The maximum atomic E-state index is 5.31. The molecule has 0 saturated heterocycles. The lowest BCUT2D eigenvalue weighted by atomic mass is 10.1. The van der Waals surface area contributed by atoms with Crippen LogP contribution in [-0.2, 0) is 13.2 Å². The molecule has 0 saturated carbocycles. The molecule has 0 aliphatic rings. The van der Waals surface area contributed by atoms with Gasteiger partial charge < -0.3 is 0 Å². The minimum atomic E-state index is 0.646. The van der Waals surface area contributed by atoms with Gasteiger partial charge in [0.1, 0.15) is 5.51 Å². The topological polar surface area (TPSA) is 38.9 Å². The van der Waals surface area contributed by atoms with Crippen LogP contribution in [0.2, 0.25) is 0 Å². The number of para-hydroxylation sites is 1. The van der Waals surface area contributed by atoms with Crippen LogP contribution >= 0.6 is 23.6 Å². The van der Waals surface area contributed by atoms with Crippen LogP contribution in [-0.4, -0.2) is 31.5 Å². The average molecular weight is 394 g/mol. The molecule has 0 atom stereocenters. The Morgan fingerprint density at radius 2 is 1.74 bits per heavy atom. The van der Waals surface area contributed by atoms with E-state index in [4.69, 9.17) is 17.3 Å². The van der Waals surface area contributed by atoms with Crippen molar-refractivity contribution >= 4 is 23.6 Å². The first-order valence-corrected chi connectivity index (χ1v) is 9.88. The molecule has 4 aromatic rings. The van der Waals surface area contributed by atoms with Gasteiger partial charge in [0, 0.05) is 23.9 Å². The molecule has 2 aromatic heterocycles. The Balaban J connectivity index is 1.66. The molecule has 2 aromatic carbocycles. The monoisotopic (exact) mass is 393 g/mol. The van der Waals surface area contributed by atoms with Crippen molar-refractivity contribution in [2.45, 2.75) is 13.2 Å². The van der Waals surface area contributed by atoms with Crippen molar-refractivity contribution in [1.82, 2.24) is 24.5 Å². The van der Waals surface area contributed by atoms with Crippen LogP contribution < -0.4 is 0 Å². The maximum absolute atomic E-state index is 5.31. The van der Waals surface area contributed by atoms with E-state index in [2.05, 4.69) is 47.5 Å². The van der Waals surface area contributed by atoms with E-state index in [1.54, 1.807) is 5.51 Å². The fraction of sp³-hybridized carbons (Fsp3) is 0.150. The van der Waals surface area contributed by atoms with Gasteiger partial charge in [-0.15, -0.1) is 0 Å². The van der Waals surface area contributed by atoms with Crippen molar-refractivity contribution in [2.75, 3.05) is 7.05 Å². The molecular formula is C20H19N5S2. The van der Waals surface area contributed by atoms with E-state index in [1.807, 2.05) is 45.8 Å². The van der Waals surface area contributed by atoms with Crippen LogP contribution in [0, 0.1) is 3.95 Å². The van der Waals surface area contributed by atoms with Gasteiger partial charge in [-0.3, -0.25) is 4.90 Å². The molecule has 136 valence electrons. The van der Waals surface area contributed by atoms with E-state index < -0.39 is 0 Å². The Morgan fingerprint density at radius 1 is 1.04 bits per heavy atom. The third-order valence-electron chi connectivity index (χ3n) is 4.22. The minimum absolute atomic E-state index is 0.646. The molecule has 0 spiro atoms. The molecule has 0 bridgehead atoms. The molecular weight excluding hydrogens is 374 g/mol. The summed E-state index contributed by atoms with van der Waals surface area (Å²) in [7, 11) is 2.07. The molecule has 0 aliphatic carbocycles. The Bertz CT molecular complexity index is 1070. The number of hydrogen-bond acceptors (Lipinski definition) is 5. The third kappa shape index (κ3) is 4.05. The number of benzene rings is 2. The van der Waals surface area contributed by atoms with Gasteiger partial charge >= 0.3 is 0 Å². The summed E-state index contributed by atoms with van der Waals surface area (Å²) >= 11 is 6.79. The van der Waals surface area contributed by atoms with Crippen LogP contribution in [0.3, 0.4) is 0 Å². The number of hydrogen-bond donors (Lipinski definition) is 0. The normalized spacial score (nSPS) is 11.2. The highest BCUT2D eigenvalue weighted by Gasteiger charge is 2.14. The van der Waals surface area contributed by atoms with Crippen LogP contribution in [0.1, 0.15) is 5.56 Å². The summed E-state index contributed by atoms with van der Waals surface area (Å²) in [6.45, 7) is 1.39. The maximum Gasteiger partial charge on any atom is 0.180 e. The lowest BCUT2D eigenvalue weighted by Crippen LogP contribution is -2.22. The quantitative estimate of drug-likeness (QED) is 0.448. The van der Waals surface area contributed by atoms with Gasteiger partial charge in [0.25, 0.3) is 0 Å². The molecule has 0 N–H and O–H groups in total. The number of rotatable bonds is 6. The second-order valence-electron chi connectivity index (χ2n) is 6.31. The standard InChI is InChI=1S/C20H19N5S2/c1-23(15-25-20(26)27-14-21-25)12-17-13-24(18-10-6-3-7-11-18)22-19(17)16-8-4-2-5-9-16/h2-11,13-14H,12,15H2,1H3. The van der Waals surface area contributed by atoms with Crippen molar-refractivity contribution in [2.24, 2.45) is 0 Å². The van der Waals surface area contributed by atoms with Gasteiger partial charge in [0.05, 0.1) is 18.1 Å². The predicted octanol–water partition coefficient (Wildman–Crippen LogP) is 4.62. The first-order chi connectivity index (χ1) is 13.2. The third-order valence-corrected chi connectivity index (χ3v) is 5.34. The molecule has 4 rings (SSSR count). The van der Waals surface area contributed by atoms with E-state index in [1.165, 1.54) is 11.3 Å².